The van der Waals surface area contributed by atoms with Crippen molar-refractivity contribution >= 4 is 40.5 Å². The lowest BCUT2D eigenvalue weighted by Crippen LogP contribution is -2.32. The standard InChI is InChI=1S/C20H23N3O3S/c1-3-4-13-26-18-11-5-15(6-12-18)19(25)22-16-7-9-17(10-8-16)23-20(27)21-14(2)24/h5-12H,3-4,13H2,1-2H3,(H,22,25)(H2,21,23,24,27). The highest BCUT2D eigenvalue weighted by Crippen LogP contribution is 2.17. The molecule has 0 aromatic heterocycles. The van der Waals surface area contributed by atoms with Crippen molar-refractivity contribution in [3.63, 3.8) is 0 Å². The van der Waals surface area contributed by atoms with E-state index < -0.39 is 0 Å². The van der Waals surface area contributed by atoms with Gasteiger partial charge in [-0.05, 0) is 67.2 Å². The molecule has 2 aromatic rings. The number of carbonyl (C=O) groups is 2. The molecule has 142 valence electrons. The van der Waals surface area contributed by atoms with Crippen molar-refractivity contribution in [3.05, 3.63) is 54.1 Å². The summed E-state index contributed by atoms with van der Waals surface area (Å²) in [6.07, 6.45) is 2.08. The van der Waals surface area contributed by atoms with Crippen molar-refractivity contribution in [2.24, 2.45) is 0 Å². The Labute approximate surface area is 164 Å². The van der Waals surface area contributed by atoms with Gasteiger partial charge in [-0.25, -0.2) is 0 Å². The predicted molar refractivity (Wildman–Crippen MR) is 111 cm³/mol. The molecule has 0 bridgehead atoms. The Morgan fingerprint density at radius 1 is 0.963 bits per heavy atom. The summed E-state index contributed by atoms with van der Waals surface area (Å²) in [6, 6.07) is 14.1. The Morgan fingerprint density at radius 3 is 2.11 bits per heavy atom. The van der Waals surface area contributed by atoms with Gasteiger partial charge in [0.15, 0.2) is 5.11 Å². The second-order valence-electron chi connectivity index (χ2n) is 5.89. The van der Waals surface area contributed by atoms with Gasteiger partial charge in [-0.1, -0.05) is 13.3 Å². The maximum absolute atomic E-state index is 12.3. The normalized spacial score (nSPS) is 10.0. The number of carbonyl (C=O) groups excluding carboxylic acids is 2. The lowest BCUT2D eigenvalue weighted by atomic mass is 10.2. The van der Waals surface area contributed by atoms with E-state index in [0.717, 1.165) is 18.6 Å². The summed E-state index contributed by atoms with van der Waals surface area (Å²) in [4.78, 5) is 23.3. The van der Waals surface area contributed by atoms with Gasteiger partial charge in [0.25, 0.3) is 5.91 Å². The van der Waals surface area contributed by atoms with Crippen LogP contribution in [0.1, 0.15) is 37.0 Å². The first-order chi connectivity index (χ1) is 13.0. The summed E-state index contributed by atoms with van der Waals surface area (Å²) >= 11 is 5.00. The number of anilines is 2. The number of hydrogen-bond acceptors (Lipinski definition) is 4. The molecule has 0 saturated heterocycles. The molecule has 2 rings (SSSR count). The molecule has 0 atom stereocenters. The molecule has 0 aliphatic carbocycles. The van der Waals surface area contributed by atoms with E-state index in [0.29, 0.717) is 23.5 Å². The molecule has 27 heavy (non-hydrogen) atoms. The quantitative estimate of drug-likeness (QED) is 0.497. The van der Waals surface area contributed by atoms with Crippen LogP contribution in [-0.4, -0.2) is 23.5 Å². The molecule has 2 aromatic carbocycles. The Morgan fingerprint density at radius 2 is 1.56 bits per heavy atom. The Bertz CT molecular complexity index is 789. The minimum absolute atomic E-state index is 0.204. The van der Waals surface area contributed by atoms with E-state index in [4.69, 9.17) is 17.0 Å². The lowest BCUT2D eigenvalue weighted by Gasteiger charge is -2.10. The second kappa shape index (κ2) is 10.3. The van der Waals surface area contributed by atoms with Crippen LogP contribution in [0.3, 0.4) is 0 Å². The third kappa shape index (κ3) is 7.07. The molecular weight excluding hydrogens is 362 g/mol. The van der Waals surface area contributed by atoms with E-state index in [-0.39, 0.29) is 16.9 Å². The van der Waals surface area contributed by atoms with Crippen molar-refractivity contribution in [2.45, 2.75) is 26.7 Å². The van der Waals surface area contributed by atoms with E-state index in [9.17, 15) is 9.59 Å². The molecule has 0 spiro atoms. The van der Waals surface area contributed by atoms with Gasteiger partial charge in [-0.3, -0.25) is 9.59 Å². The molecule has 0 aliphatic rings. The predicted octanol–water partition coefficient (Wildman–Crippen LogP) is 3.95. The van der Waals surface area contributed by atoms with E-state index in [1.54, 1.807) is 48.5 Å². The summed E-state index contributed by atoms with van der Waals surface area (Å²) in [5.41, 5.74) is 1.91. The van der Waals surface area contributed by atoms with Gasteiger partial charge in [0.2, 0.25) is 5.91 Å². The third-order valence-corrected chi connectivity index (χ3v) is 3.78. The lowest BCUT2D eigenvalue weighted by molar-refractivity contribution is -0.117. The van der Waals surface area contributed by atoms with Gasteiger partial charge >= 0.3 is 0 Å². The molecule has 0 heterocycles. The number of unbranched alkanes of at least 4 members (excludes halogenated alkanes) is 1. The van der Waals surface area contributed by atoms with E-state index >= 15 is 0 Å². The van der Waals surface area contributed by atoms with Crippen LogP contribution in [0.25, 0.3) is 0 Å². The van der Waals surface area contributed by atoms with Gasteiger partial charge in [-0.2, -0.15) is 0 Å². The van der Waals surface area contributed by atoms with Crippen LogP contribution in [0.4, 0.5) is 11.4 Å². The van der Waals surface area contributed by atoms with Crippen LogP contribution in [0.15, 0.2) is 48.5 Å². The molecule has 0 unspecified atom stereocenters. The van der Waals surface area contributed by atoms with Crippen LogP contribution in [0.5, 0.6) is 5.75 Å². The Kier molecular flexibility index (Phi) is 7.76. The average Bonchev–Trinajstić information content (AvgIpc) is 2.63. The summed E-state index contributed by atoms with van der Waals surface area (Å²) < 4.78 is 5.59. The molecule has 3 N–H and O–H groups in total. The van der Waals surface area contributed by atoms with E-state index in [1.807, 2.05) is 0 Å². The minimum atomic E-state index is -0.238. The molecule has 0 radical (unpaired) electrons. The second-order valence-corrected chi connectivity index (χ2v) is 6.30. The van der Waals surface area contributed by atoms with Crippen LogP contribution in [0.2, 0.25) is 0 Å². The van der Waals surface area contributed by atoms with Crippen molar-refractivity contribution in [1.82, 2.24) is 5.32 Å². The van der Waals surface area contributed by atoms with Crippen molar-refractivity contribution in [2.75, 3.05) is 17.2 Å². The summed E-state index contributed by atoms with van der Waals surface area (Å²) in [7, 11) is 0. The number of thiocarbonyl (C=S) groups is 1. The van der Waals surface area contributed by atoms with Crippen LogP contribution in [0, 0.1) is 0 Å². The maximum atomic E-state index is 12.3. The number of nitrogens with one attached hydrogen (secondary N) is 3. The summed E-state index contributed by atoms with van der Waals surface area (Å²) in [6.45, 7) is 4.17. The SMILES string of the molecule is CCCCOc1ccc(C(=O)Nc2ccc(NC(=S)NC(C)=O)cc2)cc1. The fraction of sp³-hybridized carbons (Fsp3) is 0.250. The third-order valence-electron chi connectivity index (χ3n) is 3.57. The molecular formula is C20H23N3O3S. The summed E-state index contributed by atoms with van der Waals surface area (Å²) in [5.74, 6) is 0.313. The number of hydrogen-bond donors (Lipinski definition) is 3. The highest BCUT2D eigenvalue weighted by molar-refractivity contribution is 7.80. The zero-order valence-electron chi connectivity index (χ0n) is 15.4. The zero-order chi connectivity index (χ0) is 19.6. The van der Waals surface area contributed by atoms with Crippen LogP contribution < -0.4 is 20.7 Å². The maximum Gasteiger partial charge on any atom is 0.255 e. The monoisotopic (exact) mass is 385 g/mol. The molecule has 0 saturated carbocycles. The van der Waals surface area contributed by atoms with Gasteiger partial charge < -0.3 is 20.7 Å². The van der Waals surface area contributed by atoms with E-state index in [2.05, 4.69) is 22.9 Å². The van der Waals surface area contributed by atoms with Crippen LogP contribution in [-0.2, 0) is 4.79 Å². The van der Waals surface area contributed by atoms with Crippen LogP contribution >= 0.6 is 12.2 Å². The fourth-order valence-electron chi connectivity index (χ4n) is 2.20. The highest BCUT2D eigenvalue weighted by atomic mass is 32.1. The Balaban J connectivity index is 1.89. The smallest absolute Gasteiger partial charge is 0.255 e. The highest BCUT2D eigenvalue weighted by Gasteiger charge is 2.07. The summed E-state index contributed by atoms with van der Waals surface area (Å²) in [5, 5.41) is 8.42. The first kappa shape index (κ1) is 20.4. The molecule has 6 nitrogen and oxygen atoms in total. The average molecular weight is 385 g/mol. The number of ether oxygens (including phenoxy) is 1. The van der Waals surface area contributed by atoms with Gasteiger partial charge in [0, 0.05) is 23.9 Å². The topological polar surface area (TPSA) is 79.5 Å². The zero-order valence-corrected chi connectivity index (χ0v) is 16.2. The fourth-order valence-corrected chi connectivity index (χ4v) is 2.46. The number of amides is 2. The van der Waals surface area contributed by atoms with Crippen molar-refractivity contribution in [3.8, 4) is 5.75 Å². The van der Waals surface area contributed by atoms with Gasteiger partial charge in [0.05, 0.1) is 6.61 Å². The first-order valence-electron chi connectivity index (χ1n) is 8.71. The minimum Gasteiger partial charge on any atom is -0.494 e. The van der Waals surface area contributed by atoms with Crippen molar-refractivity contribution in [1.29, 1.82) is 0 Å². The first-order valence-corrected chi connectivity index (χ1v) is 9.11. The molecule has 2 amide bonds. The molecule has 0 fully saturated rings. The van der Waals surface area contributed by atoms with E-state index in [1.165, 1.54) is 6.92 Å². The Hall–Kier alpha value is -2.93. The molecule has 7 heteroatoms. The van der Waals surface area contributed by atoms with Gasteiger partial charge in [0.1, 0.15) is 5.75 Å². The molecule has 0 aliphatic heterocycles. The number of rotatable bonds is 7. The largest absolute Gasteiger partial charge is 0.494 e. The number of benzene rings is 2. The van der Waals surface area contributed by atoms with Crippen molar-refractivity contribution < 1.29 is 14.3 Å². The van der Waals surface area contributed by atoms with Gasteiger partial charge in [-0.15, -0.1) is 0 Å².